The summed E-state index contributed by atoms with van der Waals surface area (Å²) in [7, 11) is 2.83. The minimum atomic E-state index is -1.49. The van der Waals surface area contributed by atoms with E-state index in [0.29, 0.717) is 0 Å². The van der Waals surface area contributed by atoms with Gasteiger partial charge in [0.15, 0.2) is 0 Å². The molecular weight excluding hydrogens is 256 g/mol. The van der Waals surface area contributed by atoms with Gasteiger partial charge in [-0.2, -0.15) is 0 Å². The zero-order valence-electron chi connectivity index (χ0n) is 3.33. The Morgan fingerprint density at radius 1 is 1.25 bits per heavy atom. The van der Waals surface area contributed by atoms with E-state index in [9.17, 15) is 0 Å². The predicted octanol–water partition coefficient (Wildman–Crippen LogP) is 2.87. The average molecular weight is 257 g/mol. The molecule has 0 saturated heterocycles. The zero-order valence-corrected chi connectivity index (χ0v) is 8.34. The van der Waals surface area contributed by atoms with Crippen molar-refractivity contribution in [2.45, 2.75) is 3.79 Å². The summed E-state index contributed by atoms with van der Waals surface area (Å²) in [5.74, 6) is 0. The van der Waals surface area contributed by atoms with E-state index >= 15 is 0 Å². The summed E-state index contributed by atoms with van der Waals surface area (Å²) in [6, 6.07) is 0. The molecule has 0 bridgehead atoms. The molecule has 0 aromatic rings. The monoisotopic (exact) mass is 254 g/mol. The Balaban J connectivity index is 0. The molecule has 0 aromatic carbocycles. The SMILES string of the molecule is P=C(Cl)C(Cl)(Cl)Cl.[Ni]. The molecule has 0 saturated carbocycles. The molecule has 0 rings (SSSR count). The number of rotatable bonds is 0. The van der Waals surface area contributed by atoms with Gasteiger partial charge in [-0.1, -0.05) is 46.4 Å². The molecule has 0 nitrogen and oxygen atoms in total. The predicted molar refractivity (Wildman–Crippen MR) is 39.5 cm³/mol. The molecule has 0 aromatic heterocycles. The fraction of sp³-hybridized carbons (Fsp3) is 0.500. The molecule has 0 amide bonds. The van der Waals surface area contributed by atoms with Crippen molar-refractivity contribution >= 4 is 60.0 Å². The van der Waals surface area contributed by atoms with Gasteiger partial charge in [0.1, 0.15) is 0 Å². The van der Waals surface area contributed by atoms with Crippen molar-refractivity contribution in [2.75, 3.05) is 0 Å². The van der Waals surface area contributed by atoms with E-state index in [0.717, 1.165) is 0 Å². The Bertz CT molecular complexity index is 86.5. The molecule has 0 aliphatic rings. The van der Waals surface area contributed by atoms with Crippen LogP contribution < -0.4 is 0 Å². The molecule has 0 unspecified atom stereocenters. The van der Waals surface area contributed by atoms with E-state index < -0.39 is 3.79 Å². The summed E-state index contributed by atoms with van der Waals surface area (Å²) >= 11 is 20.7. The van der Waals surface area contributed by atoms with Crippen molar-refractivity contribution < 1.29 is 16.5 Å². The molecule has 8 heavy (non-hydrogen) atoms. The first-order chi connectivity index (χ1) is 2.94. The van der Waals surface area contributed by atoms with Crippen LogP contribution in [0.25, 0.3) is 0 Å². The second-order valence-electron chi connectivity index (χ2n) is 0.812. The molecule has 0 radical (unpaired) electrons. The summed E-state index contributed by atoms with van der Waals surface area (Å²) < 4.78 is -1.42. The van der Waals surface area contributed by atoms with Crippen molar-refractivity contribution in [2.24, 2.45) is 0 Å². The second-order valence-corrected chi connectivity index (χ2v) is 4.29. The largest absolute Gasteiger partial charge is 0.229 e. The van der Waals surface area contributed by atoms with Gasteiger partial charge in [-0.05, 0) is 0 Å². The third kappa shape index (κ3) is 5.95. The molecule has 0 spiro atoms. The first-order valence-electron chi connectivity index (χ1n) is 1.26. The van der Waals surface area contributed by atoms with Gasteiger partial charge in [0.25, 0.3) is 0 Å². The first-order valence-corrected chi connectivity index (χ1v) is 3.27. The fourth-order valence-corrected chi connectivity index (χ4v) is 0. The van der Waals surface area contributed by atoms with E-state index in [4.69, 9.17) is 46.4 Å². The second kappa shape index (κ2) is 4.61. The van der Waals surface area contributed by atoms with E-state index in [1.165, 1.54) is 0 Å². The number of hydrogen-bond acceptors (Lipinski definition) is 0. The van der Waals surface area contributed by atoms with Gasteiger partial charge in [-0.25, -0.2) is 0 Å². The number of alkyl halides is 3. The van der Waals surface area contributed by atoms with E-state index in [1.807, 2.05) is 0 Å². The first kappa shape index (κ1) is 12.5. The number of hydrogen-bond donors (Lipinski definition) is 0. The third-order valence-corrected chi connectivity index (χ3v) is 2.24. The van der Waals surface area contributed by atoms with Gasteiger partial charge < -0.3 is 0 Å². The van der Waals surface area contributed by atoms with E-state index in [-0.39, 0.29) is 21.2 Å². The summed E-state index contributed by atoms with van der Waals surface area (Å²) in [5.41, 5.74) is 0. The molecule has 0 atom stereocenters. The fourth-order valence-electron chi connectivity index (χ4n) is 0. The Hall–Kier alpha value is 1.82. The molecule has 0 heterocycles. The van der Waals surface area contributed by atoms with Crippen LogP contribution in [-0.2, 0) is 16.5 Å². The maximum Gasteiger partial charge on any atom is 0.229 e. The van der Waals surface area contributed by atoms with Gasteiger partial charge in [0, 0.05) is 16.5 Å². The van der Waals surface area contributed by atoms with Crippen LogP contribution in [0.1, 0.15) is 0 Å². The van der Waals surface area contributed by atoms with Gasteiger partial charge in [-0.15, -0.1) is 8.86 Å². The van der Waals surface area contributed by atoms with Gasteiger partial charge >= 0.3 is 0 Å². The van der Waals surface area contributed by atoms with Crippen molar-refractivity contribution in [1.29, 1.82) is 0 Å². The van der Waals surface area contributed by atoms with Crippen LogP contribution in [0.2, 0.25) is 0 Å². The van der Waals surface area contributed by atoms with Crippen LogP contribution in [0, 0.1) is 0 Å². The van der Waals surface area contributed by atoms with Crippen LogP contribution in [0.15, 0.2) is 0 Å². The van der Waals surface area contributed by atoms with Crippen LogP contribution in [-0.4, -0.2) is 8.55 Å². The Labute approximate surface area is 80.0 Å². The zero-order chi connectivity index (χ0) is 6.08. The summed E-state index contributed by atoms with van der Waals surface area (Å²) in [6.45, 7) is 0. The Kier molecular flexibility index (Phi) is 7.20. The maximum atomic E-state index is 5.19. The molecule has 52 valence electrons. The summed E-state index contributed by atoms with van der Waals surface area (Å²) in [4.78, 5) is 0. The van der Waals surface area contributed by atoms with Crippen LogP contribution in [0.4, 0.5) is 0 Å². The number of halogens is 4. The van der Waals surface area contributed by atoms with E-state index in [1.54, 1.807) is 0 Å². The van der Waals surface area contributed by atoms with Crippen molar-refractivity contribution in [3.05, 3.63) is 0 Å². The smallest absolute Gasteiger partial charge is 0.101 e. The van der Waals surface area contributed by atoms with E-state index in [2.05, 4.69) is 8.86 Å². The maximum absolute atomic E-state index is 5.19. The summed E-state index contributed by atoms with van der Waals surface area (Å²) in [6.07, 6.45) is 0. The minimum Gasteiger partial charge on any atom is -0.101 e. The third-order valence-electron chi connectivity index (χ3n) is 0.249. The molecule has 0 N–H and O–H groups in total. The van der Waals surface area contributed by atoms with Crippen LogP contribution in [0.5, 0.6) is 0 Å². The molecule has 0 fully saturated rings. The molecule has 6 heteroatoms. The topological polar surface area (TPSA) is 0 Å². The Morgan fingerprint density at radius 2 is 1.38 bits per heavy atom. The van der Waals surface area contributed by atoms with Gasteiger partial charge in [0.05, 0.1) is 4.75 Å². The van der Waals surface area contributed by atoms with Crippen molar-refractivity contribution in [3.8, 4) is 0 Å². The van der Waals surface area contributed by atoms with Crippen molar-refractivity contribution in [3.63, 3.8) is 0 Å². The van der Waals surface area contributed by atoms with Gasteiger partial charge in [-0.3, -0.25) is 0 Å². The van der Waals surface area contributed by atoms with Crippen LogP contribution in [0.3, 0.4) is 0 Å². The normalized spacial score (nSPS) is 10.0. The van der Waals surface area contributed by atoms with Gasteiger partial charge in [0.2, 0.25) is 3.79 Å². The quantitative estimate of drug-likeness (QED) is 0.355. The standard InChI is InChI=1S/C2HCl4P.Ni/c3-1(7)2(4,5)6;/h7H;. The van der Waals surface area contributed by atoms with Crippen LogP contribution >= 0.6 is 55.3 Å². The average Bonchev–Trinajstić information content (AvgIpc) is 1.31. The van der Waals surface area contributed by atoms with Crippen molar-refractivity contribution in [1.82, 2.24) is 0 Å². The molecule has 0 aliphatic carbocycles. The Morgan fingerprint density at radius 3 is 1.38 bits per heavy atom. The molecular formula is C2HCl4NiP. The summed E-state index contributed by atoms with van der Waals surface area (Å²) in [5, 5.41) is 0. The molecule has 0 aliphatic heterocycles. The minimum absolute atomic E-state index is 0.